The zero-order valence-corrected chi connectivity index (χ0v) is 12.4. The summed E-state index contributed by atoms with van der Waals surface area (Å²) in [7, 11) is 0. The van der Waals surface area contributed by atoms with Gasteiger partial charge in [-0.25, -0.2) is 0 Å². The van der Waals surface area contributed by atoms with Crippen molar-refractivity contribution in [1.82, 2.24) is 0 Å². The molecule has 0 aliphatic carbocycles. The molecule has 2 aromatic rings. The number of nitrogens with two attached hydrogens (primary N) is 1. The van der Waals surface area contributed by atoms with E-state index in [0.717, 1.165) is 6.42 Å². The van der Waals surface area contributed by atoms with Crippen molar-refractivity contribution < 1.29 is 4.74 Å². The molecule has 0 unspecified atom stereocenters. The topological polar surface area (TPSA) is 71.1 Å². The second-order valence-corrected chi connectivity index (χ2v) is 4.90. The first-order chi connectivity index (χ1) is 10.2. The Labute approximate surface area is 129 Å². The third-order valence-electron chi connectivity index (χ3n) is 2.89. The molecule has 0 amide bonds. The lowest BCUT2D eigenvalue weighted by Crippen LogP contribution is -2.02. The van der Waals surface area contributed by atoms with Crippen LogP contribution in [0.15, 0.2) is 36.4 Å². The largest absolute Gasteiger partial charge is 0.491 e. The Balaban J connectivity index is 2.30. The normalized spacial score (nSPS) is 9.95. The van der Waals surface area contributed by atoms with Gasteiger partial charge in [0, 0.05) is 0 Å². The predicted molar refractivity (Wildman–Crippen MR) is 86.1 cm³/mol. The van der Waals surface area contributed by atoms with Crippen LogP contribution in [0.3, 0.4) is 0 Å². The van der Waals surface area contributed by atoms with Gasteiger partial charge in [0.2, 0.25) is 0 Å². The van der Waals surface area contributed by atoms with Gasteiger partial charge in [0.05, 0.1) is 40.3 Å². The minimum Gasteiger partial charge on any atom is -0.491 e. The third kappa shape index (κ3) is 3.59. The number of nitrogens with one attached hydrogen (secondary N) is 1. The Hall–Kier alpha value is -2.38. The second-order valence-electron chi connectivity index (χ2n) is 4.50. The summed E-state index contributed by atoms with van der Waals surface area (Å²) in [4.78, 5) is 0. The number of halogens is 1. The van der Waals surface area contributed by atoms with E-state index in [1.54, 1.807) is 18.2 Å². The van der Waals surface area contributed by atoms with Crippen LogP contribution in [0.25, 0.3) is 0 Å². The fraction of sp³-hybridized carbons (Fsp3) is 0.188. The molecule has 0 aromatic heterocycles. The first kappa shape index (κ1) is 15.0. The zero-order chi connectivity index (χ0) is 15.2. The summed E-state index contributed by atoms with van der Waals surface area (Å²) in [5, 5.41) is 12.6. The van der Waals surface area contributed by atoms with Crippen LogP contribution in [0, 0.1) is 11.3 Å². The van der Waals surface area contributed by atoms with Crippen LogP contribution in [0.4, 0.5) is 17.1 Å². The van der Waals surface area contributed by atoms with Crippen molar-refractivity contribution in [2.45, 2.75) is 13.3 Å². The van der Waals surface area contributed by atoms with Gasteiger partial charge in [0.25, 0.3) is 0 Å². The summed E-state index contributed by atoms with van der Waals surface area (Å²) in [5.74, 6) is 0.634. The fourth-order valence-electron chi connectivity index (χ4n) is 1.83. The van der Waals surface area contributed by atoms with Gasteiger partial charge in [0.15, 0.2) is 0 Å². The maximum atomic E-state index is 8.95. The highest BCUT2D eigenvalue weighted by atomic mass is 35.5. The molecular formula is C16H16ClN3O. The SMILES string of the molecule is CCCOc1cccc(Nc2cc(C#N)ccc2Cl)c1N. The molecule has 108 valence electrons. The van der Waals surface area contributed by atoms with Crippen molar-refractivity contribution in [3.05, 3.63) is 47.0 Å². The van der Waals surface area contributed by atoms with E-state index >= 15 is 0 Å². The van der Waals surface area contributed by atoms with Crippen LogP contribution >= 0.6 is 11.6 Å². The molecule has 0 fully saturated rings. The van der Waals surface area contributed by atoms with E-state index in [-0.39, 0.29) is 0 Å². The van der Waals surface area contributed by atoms with E-state index < -0.39 is 0 Å². The van der Waals surface area contributed by atoms with Gasteiger partial charge in [0.1, 0.15) is 5.75 Å². The van der Waals surface area contributed by atoms with Gasteiger partial charge in [-0.15, -0.1) is 0 Å². The summed E-state index contributed by atoms with van der Waals surface area (Å²) in [6, 6.07) is 12.6. The highest BCUT2D eigenvalue weighted by Gasteiger charge is 2.08. The number of anilines is 3. The monoisotopic (exact) mass is 301 g/mol. The van der Waals surface area contributed by atoms with Gasteiger partial charge in [-0.1, -0.05) is 24.6 Å². The summed E-state index contributed by atoms with van der Waals surface area (Å²) in [5.41, 5.74) is 8.47. The minimum atomic E-state index is 0.518. The standard InChI is InChI=1S/C16H16ClN3O/c1-2-8-21-15-5-3-4-13(16(15)19)20-14-9-11(10-18)6-7-12(14)17/h3-7,9,20H,2,8,19H2,1H3. The average molecular weight is 302 g/mol. The highest BCUT2D eigenvalue weighted by Crippen LogP contribution is 2.34. The van der Waals surface area contributed by atoms with E-state index in [1.807, 2.05) is 25.1 Å². The Morgan fingerprint density at radius 2 is 2.10 bits per heavy atom. The minimum absolute atomic E-state index is 0.518. The highest BCUT2D eigenvalue weighted by molar-refractivity contribution is 6.33. The lowest BCUT2D eigenvalue weighted by molar-refractivity contribution is 0.319. The number of hydrogen-bond donors (Lipinski definition) is 2. The molecule has 21 heavy (non-hydrogen) atoms. The van der Waals surface area contributed by atoms with Gasteiger partial charge in [-0.2, -0.15) is 5.26 Å². The Morgan fingerprint density at radius 3 is 2.81 bits per heavy atom. The first-order valence-electron chi connectivity index (χ1n) is 6.63. The molecule has 0 aliphatic rings. The van der Waals surface area contributed by atoms with Gasteiger partial charge < -0.3 is 15.8 Å². The van der Waals surface area contributed by atoms with Crippen molar-refractivity contribution in [2.75, 3.05) is 17.7 Å². The van der Waals surface area contributed by atoms with Crippen LogP contribution in [-0.2, 0) is 0 Å². The second kappa shape index (κ2) is 6.87. The Morgan fingerprint density at radius 1 is 1.29 bits per heavy atom. The molecule has 0 radical (unpaired) electrons. The maximum absolute atomic E-state index is 8.95. The van der Waals surface area contributed by atoms with E-state index in [2.05, 4.69) is 11.4 Å². The number of rotatable bonds is 5. The predicted octanol–water partition coefficient (Wildman–Crippen LogP) is 4.33. The Kier molecular flexibility index (Phi) is 4.91. The van der Waals surface area contributed by atoms with Crippen LogP contribution < -0.4 is 15.8 Å². The molecule has 0 bridgehead atoms. The van der Waals surface area contributed by atoms with Gasteiger partial charge in [-0.3, -0.25) is 0 Å². The van der Waals surface area contributed by atoms with Crippen molar-refractivity contribution in [1.29, 1.82) is 5.26 Å². The van der Waals surface area contributed by atoms with Crippen molar-refractivity contribution in [2.24, 2.45) is 0 Å². The van der Waals surface area contributed by atoms with Crippen LogP contribution in [0.2, 0.25) is 5.02 Å². The fourth-order valence-corrected chi connectivity index (χ4v) is 1.99. The van der Waals surface area contributed by atoms with Crippen LogP contribution in [0.5, 0.6) is 5.75 Å². The maximum Gasteiger partial charge on any atom is 0.144 e. The van der Waals surface area contributed by atoms with E-state index in [1.165, 1.54) is 0 Å². The smallest absolute Gasteiger partial charge is 0.144 e. The molecule has 3 N–H and O–H groups in total. The molecule has 0 heterocycles. The van der Waals surface area contributed by atoms with E-state index in [9.17, 15) is 0 Å². The third-order valence-corrected chi connectivity index (χ3v) is 3.22. The number of nitriles is 1. The molecular weight excluding hydrogens is 286 g/mol. The van der Waals surface area contributed by atoms with Crippen molar-refractivity contribution in [3.8, 4) is 11.8 Å². The number of nitrogens with zero attached hydrogens (tertiary/aromatic N) is 1. The van der Waals surface area contributed by atoms with Crippen LogP contribution in [-0.4, -0.2) is 6.61 Å². The van der Waals surface area contributed by atoms with Crippen LogP contribution in [0.1, 0.15) is 18.9 Å². The zero-order valence-electron chi connectivity index (χ0n) is 11.7. The summed E-state index contributed by atoms with van der Waals surface area (Å²) < 4.78 is 5.59. The molecule has 2 rings (SSSR count). The Bertz CT molecular complexity index is 680. The summed E-state index contributed by atoms with van der Waals surface area (Å²) >= 11 is 6.13. The molecule has 0 spiro atoms. The van der Waals surface area contributed by atoms with Crippen molar-refractivity contribution >= 4 is 28.7 Å². The number of para-hydroxylation sites is 1. The van der Waals surface area contributed by atoms with E-state index in [0.29, 0.717) is 40.0 Å². The molecule has 0 saturated carbocycles. The van der Waals surface area contributed by atoms with Gasteiger partial charge >= 0.3 is 0 Å². The summed E-state index contributed by atoms with van der Waals surface area (Å²) in [6.07, 6.45) is 0.910. The quantitative estimate of drug-likeness (QED) is 0.806. The molecule has 2 aromatic carbocycles. The first-order valence-corrected chi connectivity index (χ1v) is 7.01. The number of benzene rings is 2. The number of nitrogen functional groups attached to an aromatic ring is 1. The number of ether oxygens (including phenoxy) is 1. The lowest BCUT2D eigenvalue weighted by Gasteiger charge is -2.14. The molecule has 0 aliphatic heterocycles. The number of hydrogen-bond acceptors (Lipinski definition) is 4. The molecule has 5 heteroatoms. The van der Waals surface area contributed by atoms with E-state index in [4.69, 9.17) is 27.3 Å². The summed E-state index contributed by atoms with van der Waals surface area (Å²) in [6.45, 7) is 2.64. The van der Waals surface area contributed by atoms with Crippen molar-refractivity contribution in [3.63, 3.8) is 0 Å². The molecule has 4 nitrogen and oxygen atoms in total. The average Bonchev–Trinajstić information content (AvgIpc) is 2.50. The molecule has 0 atom stereocenters. The molecule has 0 saturated heterocycles. The lowest BCUT2D eigenvalue weighted by atomic mass is 10.2. The van der Waals surface area contributed by atoms with Gasteiger partial charge in [-0.05, 0) is 36.8 Å².